The first-order valence-electron chi connectivity index (χ1n) is 12.4. The molecular formula is C27H30N4O6. The lowest BCUT2D eigenvalue weighted by molar-refractivity contribution is -0.119. The summed E-state index contributed by atoms with van der Waals surface area (Å²) in [5.41, 5.74) is 3.34. The number of nitrogens with one attached hydrogen (secondary N) is 1. The van der Waals surface area contributed by atoms with Crippen LogP contribution in [-0.4, -0.2) is 61.0 Å². The zero-order valence-corrected chi connectivity index (χ0v) is 20.9. The van der Waals surface area contributed by atoms with E-state index in [0.717, 1.165) is 16.6 Å². The summed E-state index contributed by atoms with van der Waals surface area (Å²) < 4.78 is 22.1. The number of amides is 2. The largest absolute Gasteiger partial charge is 0.486 e. The number of cyclic esters (lactones) is 1. The average molecular weight is 507 g/mol. The fourth-order valence-electron chi connectivity index (χ4n) is 4.75. The maximum absolute atomic E-state index is 12.6. The molecule has 10 heteroatoms. The molecule has 0 radical (unpaired) electrons. The van der Waals surface area contributed by atoms with Gasteiger partial charge in [0.15, 0.2) is 11.5 Å². The van der Waals surface area contributed by atoms with Gasteiger partial charge in [0.1, 0.15) is 19.3 Å². The van der Waals surface area contributed by atoms with Crippen LogP contribution in [0.5, 0.6) is 17.4 Å². The van der Waals surface area contributed by atoms with E-state index in [4.69, 9.17) is 18.9 Å². The van der Waals surface area contributed by atoms with Crippen molar-refractivity contribution in [1.82, 2.24) is 15.3 Å². The summed E-state index contributed by atoms with van der Waals surface area (Å²) >= 11 is 0. The van der Waals surface area contributed by atoms with Crippen molar-refractivity contribution in [2.45, 2.75) is 44.8 Å². The van der Waals surface area contributed by atoms with Gasteiger partial charge in [-0.3, -0.25) is 14.7 Å². The summed E-state index contributed by atoms with van der Waals surface area (Å²) in [7, 11) is 1.59. The third-order valence-electron chi connectivity index (χ3n) is 6.57. The van der Waals surface area contributed by atoms with Crippen LogP contribution in [0.2, 0.25) is 0 Å². The molecule has 10 nitrogen and oxygen atoms in total. The van der Waals surface area contributed by atoms with Crippen LogP contribution in [0.3, 0.4) is 0 Å². The molecule has 1 N–H and O–H groups in total. The molecule has 5 rings (SSSR count). The Morgan fingerprint density at radius 2 is 2.00 bits per heavy atom. The second-order valence-corrected chi connectivity index (χ2v) is 9.15. The lowest BCUT2D eigenvalue weighted by Gasteiger charge is -2.21. The van der Waals surface area contributed by atoms with E-state index >= 15 is 0 Å². The topological polar surface area (TPSA) is 112 Å². The van der Waals surface area contributed by atoms with E-state index in [1.54, 1.807) is 30.3 Å². The molecule has 1 saturated heterocycles. The smallest absolute Gasteiger partial charge is 0.414 e. The second kappa shape index (κ2) is 10.9. The number of methoxy groups -OCH3 is 1. The van der Waals surface area contributed by atoms with E-state index in [-0.39, 0.29) is 24.1 Å². The van der Waals surface area contributed by atoms with Crippen molar-refractivity contribution in [3.05, 3.63) is 48.2 Å². The Balaban J connectivity index is 1.21. The lowest BCUT2D eigenvalue weighted by Crippen LogP contribution is -2.34. The molecule has 2 aliphatic heterocycles. The average Bonchev–Trinajstić information content (AvgIpc) is 3.29. The van der Waals surface area contributed by atoms with Gasteiger partial charge in [-0.25, -0.2) is 9.78 Å². The molecule has 37 heavy (non-hydrogen) atoms. The van der Waals surface area contributed by atoms with Gasteiger partial charge in [0.25, 0.3) is 0 Å². The fourth-order valence-corrected chi connectivity index (χ4v) is 4.75. The van der Waals surface area contributed by atoms with Crippen molar-refractivity contribution < 1.29 is 28.5 Å². The van der Waals surface area contributed by atoms with Crippen molar-refractivity contribution in [1.29, 1.82) is 0 Å². The molecule has 2 aliphatic rings. The third-order valence-corrected chi connectivity index (χ3v) is 6.57. The van der Waals surface area contributed by atoms with Gasteiger partial charge in [0, 0.05) is 31.3 Å². The number of carbonyl (C=O) groups is 2. The minimum Gasteiger partial charge on any atom is -0.486 e. The van der Waals surface area contributed by atoms with Gasteiger partial charge in [0.2, 0.25) is 11.8 Å². The third kappa shape index (κ3) is 5.68. The van der Waals surface area contributed by atoms with Crippen LogP contribution >= 0.6 is 0 Å². The molecule has 194 valence electrons. The number of hydrogen-bond donors (Lipinski definition) is 1. The number of hydrogen-bond acceptors (Lipinski definition) is 8. The number of benzene rings is 1. The molecule has 3 aromatic rings. The lowest BCUT2D eigenvalue weighted by atomic mass is 9.99. The van der Waals surface area contributed by atoms with Crippen LogP contribution in [0.4, 0.5) is 10.5 Å². The number of aromatic nitrogens is 2. The normalized spacial score (nSPS) is 17.4. The first-order valence-corrected chi connectivity index (χ1v) is 12.4. The number of carbonyl (C=O) groups excluding carboxylic acids is 2. The van der Waals surface area contributed by atoms with Gasteiger partial charge >= 0.3 is 6.09 Å². The maximum atomic E-state index is 12.6. The molecule has 0 bridgehead atoms. The van der Waals surface area contributed by atoms with Gasteiger partial charge in [-0.2, -0.15) is 0 Å². The number of pyridine rings is 2. The highest BCUT2D eigenvalue weighted by Gasteiger charge is 2.33. The van der Waals surface area contributed by atoms with Crippen LogP contribution in [0.25, 0.3) is 11.0 Å². The minimum atomic E-state index is -0.388. The predicted octanol–water partition coefficient (Wildman–Crippen LogP) is 3.65. The monoisotopic (exact) mass is 506 g/mol. The number of fused-ring (bicyclic) bond motifs is 2. The van der Waals surface area contributed by atoms with E-state index in [9.17, 15) is 9.59 Å². The van der Waals surface area contributed by atoms with E-state index in [1.807, 2.05) is 24.3 Å². The Labute approximate surface area is 214 Å². The summed E-state index contributed by atoms with van der Waals surface area (Å²) in [5, 5.41) is 3.05. The molecular weight excluding hydrogens is 476 g/mol. The quantitative estimate of drug-likeness (QED) is 0.468. The van der Waals surface area contributed by atoms with E-state index in [0.29, 0.717) is 68.5 Å². The molecule has 2 aromatic heterocycles. The summed E-state index contributed by atoms with van der Waals surface area (Å²) in [6.45, 7) is 2.94. The predicted molar refractivity (Wildman–Crippen MR) is 136 cm³/mol. The van der Waals surface area contributed by atoms with Crippen molar-refractivity contribution in [3.8, 4) is 17.4 Å². The molecule has 1 aromatic carbocycles. The first kappa shape index (κ1) is 24.6. The van der Waals surface area contributed by atoms with Gasteiger partial charge in [0.05, 0.1) is 30.4 Å². The Morgan fingerprint density at radius 3 is 2.81 bits per heavy atom. The number of nitrogens with zero attached hydrogens (tertiary/aromatic N) is 3. The highest BCUT2D eigenvalue weighted by atomic mass is 16.6. The van der Waals surface area contributed by atoms with Crippen LogP contribution in [0.1, 0.15) is 31.7 Å². The van der Waals surface area contributed by atoms with Crippen LogP contribution in [0, 0.1) is 0 Å². The molecule has 0 saturated carbocycles. The molecule has 4 heterocycles. The molecule has 0 aliphatic carbocycles. The zero-order valence-electron chi connectivity index (χ0n) is 20.9. The fraction of sp³-hybridized carbons (Fsp3) is 0.407. The summed E-state index contributed by atoms with van der Waals surface area (Å²) in [5.74, 6) is 1.74. The first-order chi connectivity index (χ1) is 18.0. The Morgan fingerprint density at radius 1 is 1.16 bits per heavy atom. The van der Waals surface area contributed by atoms with E-state index < -0.39 is 0 Å². The molecule has 2 atom stereocenters. The summed E-state index contributed by atoms with van der Waals surface area (Å²) in [4.78, 5) is 35.1. The van der Waals surface area contributed by atoms with Gasteiger partial charge in [-0.1, -0.05) is 0 Å². The summed E-state index contributed by atoms with van der Waals surface area (Å²) in [6, 6.07) is 11.0. The SMILES string of the molecule is COc1ccc2nccc(CC[C@@H](CC[C@@H]3CN(c4ccc5c(c4)OCCO5)C(=O)O3)NC(C)=O)c2n1. The minimum absolute atomic E-state index is 0.0756. The highest BCUT2D eigenvalue weighted by molar-refractivity contribution is 5.90. The Kier molecular flexibility index (Phi) is 7.25. The molecule has 0 unspecified atom stereocenters. The summed E-state index contributed by atoms with van der Waals surface area (Å²) in [6.07, 6.45) is 3.82. The van der Waals surface area contributed by atoms with Crippen molar-refractivity contribution in [2.24, 2.45) is 0 Å². The van der Waals surface area contributed by atoms with Crippen molar-refractivity contribution in [3.63, 3.8) is 0 Å². The van der Waals surface area contributed by atoms with Gasteiger partial charge in [-0.05, 0) is 55.5 Å². The zero-order chi connectivity index (χ0) is 25.8. The van der Waals surface area contributed by atoms with Crippen LogP contribution in [0.15, 0.2) is 42.6 Å². The number of rotatable bonds is 9. The van der Waals surface area contributed by atoms with Gasteiger partial charge < -0.3 is 24.3 Å². The second-order valence-electron chi connectivity index (χ2n) is 9.15. The highest BCUT2D eigenvalue weighted by Crippen LogP contribution is 2.35. The Bertz CT molecular complexity index is 1300. The number of ether oxygens (including phenoxy) is 4. The molecule has 0 spiro atoms. The standard InChI is InChI=1S/C27H30N4O6/c1-17(32)29-19(4-3-18-11-12-28-22-8-10-25(34-2)30-26(18)22)5-7-21-16-31(27(33)37-21)20-6-9-23-24(15-20)36-14-13-35-23/h6,8-12,15,19,21H,3-5,7,13-14,16H2,1-2H3,(H,29,32)/t19-,21+/m0/s1. The van der Waals surface area contributed by atoms with Gasteiger partial charge in [-0.15, -0.1) is 0 Å². The Hall–Kier alpha value is -4.08. The maximum Gasteiger partial charge on any atom is 0.414 e. The number of anilines is 1. The van der Waals surface area contributed by atoms with Crippen LogP contribution in [-0.2, 0) is 16.0 Å². The number of aryl methyl sites for hydroxylation is 1. The van der Waals surface area contributed by atoms with Crippen molar-refractivity contribution >= 4 is 28.7 Å². The van der Waals surface area contributed by atoms with E-state index in [1.165, 1.54) is 6.92 Å². The van der Waals surface area contributed by atoms with Crippen molar-refractivity contribution in [2.75, 3.05) is 31.8 Å². The molecule has 2 amide bonds. The van der Waals surface area contributed by atoms with Crippen LogP contribution < -0.4 is 24.4 Å². The van der Waals surface area contributed by atoms with E-state index in [2.05, 4.69) is 15.3 Å². The molecule has 1 fully saturated rings.